The number of halogens is 1. The predicted octanol–water partition coefficient (Wildman–Crippen LogP) is 27.6. The fourth-order valence-corrected chi connectivity index (χ4v) is 22.2. The second-order valence-corrected chi connectivity index (χ2v) is 40.2. The van der Waals surface area contributed by atoms with E-state index in [0.29, 0.717) is 48.9 Å². The first-order valence-corrected chi connectivity index (χ1v) is 49.0. The third kappa shape index (κ3) is 15.7. The average molecular weight is 1850 g/mol. The summed E-state index contributed by atoms with van der Waals surface area (Å²) in [4.78, 5) is 44.3. The van der Waals surface area contributed by atoms with Gasteiger partial charge in [0.2, 0.25) is 0 Å². The maximum absolute atomic E-state index is 14.7. The number of fused-ring (bicyclic) bond motifs is 6. The van der Waals surface area contributed by atoms with Gasteiger partial charge < -0.3 is 55.8 Å². The average Bonchev–Trinajstić information content (AvgIpc) is 1.63. The van der Waals surface area contributed by atoms with E-state index in [4.69, 9.17) is 42.6 Å². The van der Waals surface area contributed by atoms with Crippen molar-refractivity contribution in [3.63, 3.8) is 0 Å². The minimum atomic E-state index is -1.30. The van der Waals surface area contributed by atoms with Crippen molar-refractivity contribution in [2.45, 2.75) is 225 Å². The van der Waals surface area contributed by atoms with Crippen LogP contribution < -0.4 is 0 Å². The van der Waals surface area contributed by atoms with Gasteiger partial charge in [0, 0.05) is 154 Å². The van der Waals surface area contributed by atoms with E-state index in [1.807, 2.05) is 82.2 Å². The Morgan fingerprint density at radius 2 is 0.784 bits per heavy atom. The van der Waals surface area contributed by atoms with Gasteiger partial charge in [0.15, 0.2) is 5.67 Å². The molecule has 0 atom stereocenters. The topological polar surface area (TPSA) is 286 Å². The van der Waals surface area contributed by atoms with Crippen LogP contribution in [0.3, 0.4) is 0 Å². The van der Waals surface area contributed by atoms with Gasteiger partial charge in [-0.1, -0.05) is 68.6 Å². The van der Waals surface area contributed by atoms with Gasteiger partial charge in [-0.3, -0.25) is 9.98 Å². The molecule has 5 saturated carbocycles. The number of aryl methyl sites for hydroxylation is 18. The van der Waals surface area contributed by atoms with Crippen molar-refractivity contribution in [2.24, 2.45) is 38.2 Å². The van der Waals surface area contributed by atoms with Crippen molar-refractivity contribution >= 4 is 88.5 Å². The molecule has 0 amide bonds. The first-order valence-electron chi connectivity index (χ1n) is 49.0. The molecule has 7 aliphatic rings. The van der Waals surface area contributed by atoms with E-state index >= 15 is 0 Å². The molecule has 139 heavy (non-hydrogen) atoms. The molecule has 3 N–H and O–H groups in total. The molecule has 5 fully saturated rings. The van der Waals surface area contributed by atoms with Crippen molar-refractivity contribution in [1.82, 2.24) is 83.9 Å². The molecule has 0 spiro atoms. The summed E-state index contributed by atoms with van der Waals surface area (Å²) in [5.41, 5.74) is 46.0. The summed E-state index contributed by atoms with van der Waals surface area (Å²) in [6, 6.07) is 37.2. The molecule has 19 aromatic rings. The van der Waals surface area contributed by atoms with Crippen LogP contribution in [0.2, 0.25) is 0 Å². The molecule has 7 aromatic carbocycles. The van der Waals surface area contributed by atoms with Crippen LogP contribution in [0.15, 0.2) is 159 Å². The van der Waals surface area contributed by atoms with Gasteiger partial charge >= 0.3 is 0 Å². The number of alkyl halides is 1. The highest BCUT2D eigenvalue weighted by Crippen LogP contribution is 2.53. The lowest BCUT2D eigenvalue weighted by atomic mass is 9.85. The zero-order chi connectivity index (χ0) is 96.6. The summed E-state index contributed by atoms with van der Waals surface area (Å²) in [7, 11) is 8.58. The molecular formula is C114H118FN19O5. The summed E-state index contributed by atoms with van der Waals surface area (Å²) in [6.45, 7) is 38.2. The SMILES string of the molecule is CC1=NCC(C)=C1c1cc(-c2c(C)noc2C)cc2[nH]c(C3(F)CC3)nc12.CC1=NCC(C)=C1c1cc(-c2c(C)noc2C)cc2[nH]c(C3CCC3)nc12.Cc1c[nH]c(C)c1-c1cc(-c2c(C)noc2C)cc2nc(C3CC3)n(C)c12.Cc1ccc2ccccc2c1-c1cc(-c2c(C)noc2C)cc2nc(C3CC3)n(C)c12.Cc1ccn(C)c1-c1cc(-c2c(C)noc2C)cc2nc(C3CC3)n(C)c12. The van der Waals surface area contributed by atoms with E-state index < -0.39 is 5.67 Å². The van der Waals surface area contributed by atoms with Gasteiger partial charge in [-0.25, -0.2) is 29.3 Å². The fraction of sp³-hybridized carbons (Fsp3) is 0.351. The van der Waals surface area contributed by atoms with E-state index in [2.05, 4.69) is 260 Å². The second-order valence-electron chi connectivity index (χ2n) is 40.2. The number of hydrogen-bond acceptors (Lipinski definition) is 17. The van der Waals surface area contributed by atoms with Gasteiger partial charge in [0.05, 0.1) is 102 Å². The minimum Gasteiger partial charge on any atom is -0.364 e. The number of hydrogen-bond donors (Lipinski definition) is 3. The highest BCUT2D eigenvalue weighted by Gasteiger charge is 2.48. The Morgan fingerprint density at radius 1 is 0.381 bits per heavy atom. The Hall–Kier alpha value is -14.5. The molecule has 26 rings (SSSR count). The summed E-state index contributed by atoms with van der Waals surface area (Å²) >= 11 is 0. The highest BCUT2D eigenvalue weighted by atomic mass is 19.1. The van der Waals surface area contributed by atoms with E-state index in [1.54, 1.807) is 0 Å². The van der Waals surface area contributed by atoms with Crippen LogP contribution in [0, 0.1) is 96.9 Å². The maximum atomic E-state index is 14.7. The molecule has 2 aliphatic heterocycles. The van der Waals surface area contributed by atoms with Gasteiger partial charge in [0.25, 0.3) is 0 Å². The second kappa shape index (κ2) is 34.3. The molecule has 0 bridgehead atoms. The molecule has 0 radical (unpaired) electrons. The van der Waals surface area contributed by atoms with E-state index in [1.165, 1.54) is 181 Å². The lowest BCUT2D eigenvalue weighted by Gasteiger charge is -2.22. The third-order valence-electron chi connectivity index (χ3n) is 29.9. The Morgan fingerprint density at radius 3 is 1.16 bits per heavy atom. The predicted molar refractivity (Wildman–Crippen MR) is 551 cm³/mol. The number of benzene rings is 7. The molecule has 706 valence electrons. The summed E-state index contributed by atoms with van der Waals surface area (Å²) < 4.78 is 51.0. The number of H-pyrrole nitrogens is 3. The summed E-state index contributed by atoms with van der Waals surface area (Å²) in [6.07, 6.45) is 16.5. The minimum absolute atomic E-state index is 0.431. The van der Waals surface area contributed by atoms with Crippen LogP contribution in [-0.2, 0) is 33.9 Å². The standard InChI is InChI=1S/C27H25N3O.3C22H24N4O.C21H21FN4O/c1-15-9-10-18-7-5-6-8-21(18)24(15)22-13-20(25-16(2)29-31-17(25)3)14-23-26(22)30(4)27(28-23)19-11-12-19;1-11-10-23-12(2)19(11)17-8-16(20-13(3)25-27-14(20)4)9-18-21(17)26(5)22(24-18)15-6-7-15;1-12-8-9-25(4)20(12)17-10-16(19-13(2)24-27-14(19)3)11-18-21(17)26(5)22(23-18)15-6-7-15;1-11-10-23-12(2)19(11)17-8-16(20-13(3)26-27-14(20)4)9-18-21(17)25-22(24-18)15-6-5-7-15;1-10-9-23-11(2)17(10)15-7-14(18-12(3)26-27-13(18)4)8-16-19(15)25-20(24-16)21(22)5-6-21/h5-10,13-14,19H,11-12H2,1-4H3;8-10,15,23H,6-7H2,1-5H3;8-11,15H,6-7H2,1-5H3;8-9,15H,5-7,10H2,1-4H3,(H,24,25);7-8H,5-6,9H2,1-4H3,(H,24,25). The van der Waals surface area contributed by atoms with Gasteiger partial charge in [-0.2, -0.15) is 0 Å². The van der Waals surface area contributed by atoms with Crippen LogP contribution in [0.1, 0.15) is 242 Å². The quantitative estimate of drug-likeness (QED) is 0.0860. The normalized spacial score (nSPS) is 15.8. The molecule has 0 saturated heterocycles. The summed E-state index contributed by atoms with van der Waals surface area (Å²) in [5.74, 6) is 11.7. The zero-order valence-corrected chi connectivity index (χ0v) is 83.5. The number of nitrogens with one attached hydrogen (secondary N) is 3. The van der Waals surface area contributed by atoms with Crippen molar-refractivity contribution in [2.75, 3.05) is 13.1 Å². The number of nitrogens with zero attached hydrogens (tertiary/aromatic N) is 16. The molecular weight excluding hydrogens is 1730 g/mol. The number of aromatic nitrogens is 17. The number of aromatic amines is 3. The zero-order valence-electron chi connectivity index (χ0n) is 83.5. The van der Waals surface area contributed by atoms with Crippen molar-refractivity contribution in [3.8, 4) is 89.1 Å². The maximum Gasteiger partial charge on any atom is 0.168 e. The van der Waals surface area contributed by atoms with Gasteiger partial charge in [-0.05, 0) is 328 Å². The first kappa shape index (κ1) is 89.7. The van der Waals surface area contributed by atoms with Crippen LogP contribution >= 0.6 is 0 Å². The Balaban J connectivity index is 0.000000100. The molecule has 12 aromatic heterocycles. The fourth-order valence-electron chi connectivity index (χ4n) is 22.2. The van der Waals surface area contributed by atoms with E-state index in [0.717, 1.165) is 186 Å². The number of aliphatic imine (C=N–C) groups is 2. The Kier molecular flexibility index (Phi) is 22.1. The van der Waals surface area contributed by atoms with E-state index in [9.17, 15) is 4.39 Å². The molecule has 24 nitrogen and oxygen atoms in total. The Bertz CT molecular complexity index is 8070. The number of allylic oxidation sites excluding steroid dienone is 2. The van der Waals surface area contributed by atoms with Crippen molar-refractivity contribution < 1.29 is 27.0 Å². The third-order valence-corrected chi connectivity index (χ3v) is 29.9. The number of rotatable bonds is 15. The highest BCUT2D eigenvalue weighted by molar-refractivity contribution is 6.28. The van der Waals surface area contributed by atoms with Gasteiger partial charge in [-0.15, -0.1) is 0 Å². The van der Waals surface area contributed by atoms with Crippen LogP contribution in [0.4, 0.5) is 4.39 Å². The van der Waals surface area contributed by atoms with Crippen molar-refractivity contribution in [3.05, 3.63) is 247 Å². The first-order chi connectivity index (χ1) is 66.8. The molecule has 5 aliphatic carbocycles. The Labute approximate surface area is 806 Å². The van der Waals surface area contributed by atoms with Crippen LogP contribution in [-0.4, -0.2) is 108 Å². The molecule has 25 heteroatoms. The molecule has 0 unspecified atom stereocenters. The van der Waals surface area contributed by atoms with Gasteiger partial charge in [0.1, 0.15) is 57.9 Å². The monoisotopic (exact) mass is 1850 g/mol. The van der Waals surface area contributed by atoms with E-state index in [-0.39, 0.29) is 0 Å². The van der Waals surface area contributed by atoms with Crippen LogP contribution in [0.5, 0.6) is 0 Å². The largest absolute Gasteiger partial charge is 0.364 e. The summed E-state index contributed by atoms with van der Waals surface area (Å²) in [5, 5.41) is 23.3. The van der Waals surface area contributed by atoms with Crippen molar-refractivity contribution in [1.29, 1.82) is 0 Å². The lowest BCUT2D eigenvalue weighted by Crippen LogP contribution is -2.10. The number of imidazole rings is 5. The molecule has 14 heterocycles. The smallest absolute Gasteiger partial charge is 0.168 e. The van der Waals surface area contributed by atoms with Crippen LogP contribution in [0.25, 0.3) is 166 Å². The lowest BCUT2D eigenvalue weighted by molar-refractivity contribution is 0.303.